The van der Waals surface area contributed by atoms with Crippen molar-refractivity contribution >= 4 is 15.9 Å². The van der Waals surface area contributed by atoms with Crippen molar-refractivity contribution in [1.82, 2.24) is 4.90 Å². The molecule has 1 aliphatic rings. The predicted octanol–water partition coefficient (Wildman–Crippen LogP) is 2.97. The van der Waals surface area contributed by atoms with Crippen molar-refractivity contribution in [3.05, 3.63) is 34.6 Å². The number of alkyl halides is 3. The van der Waals surface area contributed by atoms with E-state index in [-0.39, 0.29) is 38.3 Å². The summed E-state index contributed by atoms with van der Waals surface area (Å²) in [5, 5.41) is 0. The van der Waals surface area contributed by atoms with Crippen LogP contribution >= 0.6 is 15.9 Å². The van der Waals surface area contributed by atoms with E-state index in [0.29, 0.717) is 4.48 Å². The minimum Gasteiger partial charge on any atom is -0.462 e. The Bertz CT molecular complexity index is 306. The molecule has 0 aromatic heterocycles. The third-order valence-electron chi connectivity index (χ3n) is 1.47. The van der Waals surface area contributed by atoms with Gasteiger partial charge in [-0.2, -0.15) is 13.2 Å². The van der Waals surface area contributed by atoms with E-state index in [2.05, 4.69) is 28.7 Å². The van der Waals surface area contributed by atoms with E-state index in [4.69, 9.17) is 0 Å². The molecule has 1 rings (SSSR count). The Kier molecular flexibility index (Phi) is 5.09. The van der Waals surface area contributed by atoms with Crippen LogP contribution in [0.2, 0.25) is 0 Å². The Labute approximate surface area is 114 Å². The molecular formula is C8H6BrF3NY-. The van der Waals surface area contributed by atoms with Gasteiger partial charge in [0.15, 0.2) is 0 Å². The molecule has 0 amide bonds. The molecule has 75 valence electrons. The molecule has 0 aromatic rings. The summed E-state index contributed by atoms with van der Waals surface area (Å²) in [4.78, 5) is 1.21. The van der Waals surface area contributed by atoms with Crippen LogP contribution in [-0.2, 0) is 32.7 Å². The van der Waals surface area contributed by atoms with Gasteiger partial charge in [0.1, 0.15) is 0 Å². The van der Waals surface area contributed by atoms with Crippen molar-refractivity contribution < 1.29 is 45.9 Å². The van der Waals surface area contributed by atoms with Crippen molar-refractivity contribution in [3.8, 4) is 0 Å². The SMILES string of the molecule is C=C1C(C(F)(F)F)=[C-]N(C)C=C1Br.[Y]. The van der Waals surface area contributed by atoms with Gasteiger partial charge in [-0.1, -0.05) is 32.8 Å². The summed E-state index contributed by atoms with van der Waals surface area (Å²) in [6.45, 7) is 3.32. The summed E-state index contributed by atoms with van der Waals surface area (Å²) in [6, 6.07) is 0. The molecule has 1 aliphatic heterocycles. The zero-order chi connectivity index (χ0) is 10.2. The minimum atomic E-state index is -4.40. The summed E-state index contributed by atoms with van der Waals surface area (Å²) in [5.74, 6) is 0. The maximum absolute atomic E-state index is 12.3. The zero-order valence-corrected chi connectivity index (χ0v) is 11.7. The van der Waals surface area contributed by atoms with Crippen molar-refractivity contribution in [1.29, 1.82) is 0 Å². The first kappa shape index (κ1) is 14.4. The number of hydrogen-bond donors (Lipinski definition) is 0. The zero-order valence-electron chi connectivity index (χ0n) is 7.32. The van der Waals surface area contributed by atoms with Crippen LogP contribution in [0, 0.1) is 6.20 Å². The molecule has 6 heteroatoms. The maximum atomic E-state index is 12.3. The smallest absolute Gasteiger partial charge is 0.396 e. The number of allylic oxidation sites excluding steroid dienone is 3. The molecule has 0 saturated carbocycles. The van der Waals surface area contributed by atoms with E-state index >= 15 is 0 Å². The summed E-state index contributed by atoms with van der Waals surface area (Å²) >= 11 is 2.99. The van der Waals surface area contributed by atoms with Gasteiger partial charge in [-0.3, -0.25) is 0 Å². The second kappa shape index (κ2) is 4.95. The van der Waals surface area contributed by atoms with Gasteiger partial charge in [-0.25, -0.2) is 0 Å². The maximum Gasteiger partial charge on any atom is 0.396 e. The van der Waals surface area contributed by atoms with Crippen LogP contribution in [0.4, 0.5) is 13.2 Å². The van der Waals surface area contributed by atoms with Gasteiger partial charge in [-0.05, 0) is 12.6 Å². The van der Waals surface area contributed by atoms with Crippen LogP contribution in [0.15, 0.2) is 28.4 Å². The second-order valence-corrected chi connectivity index (χ2v) is 3.41. The van der Waals surface area contributed by atoms with E-state index in [1.54, 1.807) is 0 Å². The molecule has 0 unspecified atom stereocenters. The van der Waals surface area contributed by atoms with Crippen LogP contribution in [0.25, 0.3) is 0 Å². The van der Waals surface area contributed by atoms with E-state index in [1.165, 1.54) is 18.1 Å². The molecule has 1 heterocycles. The number of rotatable bonds is 0. The molecule has 1 radical (unpaired) electrons. The molecule has 0 saturated heterocycles. The Morgan fingerprint density at radius 2 is 2.00 bits per heavy atom. The van der Waals surface area contributed by atoms with Gasteiger partial charge in [0.25, 0.3) is 0 Å². The summed E-state index contributed by atoms with van der Waals surface area (Å²) in [7, 11) is 1.47. The number of nitrogens with zero attached hydrogens (tertiary/aromatic N) is 1. The van der Waals surface area contributed by atoms with Crippen molar-refractivity contribution in [2.24, 2.45) is 0 Å². The average Bonchev–Trinajstić information content (AvgIpc) is 1.94. The van der Waals surface area contributed by atoms with Gasteiger partial charge in [-0.15, -0.1) is 12.2 Å². The molecule has 14 heavy (non-hydrogen) atoms. The van der Waals surface area contributed by atoms with Crippen molar-refractivity contribution in [3.63, 3.8) is 0 Å². The summed E-state index contributed by atoms with van der Waals surface area (Å²) < 4.78 is 37.2. The van der Waals surface area contributed by atoms with Crippen LogP contribution in [-0.4, -0.2) is 18.1 Å². The Balaban J connectivity index is 0.00000169. The standard InChI is InChI=1S/C8H6BrF3N.Y/c1-5-6(8(10,11)12)3-13(2)4-7(5)9;/h4H,1H2,2H3;/q-1;. The predicted molar refractivity (Wildman–Crippen MR) is 46.7 cm³/mol. The Morgan fingerprint density at radius 3 is 2.43 bits per heavy atom. The van der Waals surface area contributed by atoms with Crippen LogP contribution in [0.1, 0.15) is 0 Å². The second-order valence-electron chi connectivity index (χ2n) is 2.55. The molecule has 0 aromatic carbocycles. The van der Waals surface area contributed by atoms with Gasteiger partial charge in [0.05, 0.1) is 0 Å². The quantitative estimate of drug-likeness (QED) is 0.612. The minimum absolute atomic E-state index is 0. The van der Waals surface area contributed by atoms with Gasteiger partial charge < -0.3 is 4.90 Å². The van der Waals surface area contributed by atoms with Crippen LogP contribution in [0.5, 0.6) is 0 Å². The normalized spacial score (nSPS) is 17.2. The number of halogens is 4. The van der Waals surface area contributed by atoms with Crippen LogP contribution in [0.3, 0.4) is 0 Å². The Hall–Kier alpha value is 0.394. The fourth-order valence-electron chi connectivity index (χ4n) is 0.878. The molecule has 1 nitrogen and oxygen atoms in total. The van der Waals surface area contributed by atoms with E-state index in [0.717, 1.165) is 0 Å². The van der Waals surface area contributed by atoms with E-state index in [9.17, 15) is 13.2 Å². The molecule has 0 aliphatic carbocycles. The molecule has 0 atom stereocenters. The van der Waals surface area contributed by atoms with Gasteiger partial charge >= 0.3 is 6.18 Å². The first-order valence-corrected chi connectivity index (χ1v) is 4.12. The molecule has 0 fully saturated rings. The largest absolute Gasteiger partial charge is 0.462 e. The molecule has 0 spiro atoms. The molecule has 0 bridgehead atoms. The fourth-order valence-corrected chi connectivity index (χ4v) is 1.38. The summed E-state index contributed by atoms with van der Waals surface area (Å²) in [6.07, 6.45) is -0.779. The Morgan fingerprint density at radius 1 is 1.50 bits per heavy atom. The number of hydrogen-bond acceptors (Lipinski definition) is 1. The van der Waals surface area contributed by atoms with Crippen molar-refractivity contribution in [2.45, 2.75) is 6.18 Å². The average molecular weight is 342 g/mol. The van der Waals surface area contributed by atoms with Gasteiger partial charge in [0.2, 0.25) is 0 Å². The first-order chi connectivity index (χ1) is 5.82. The van der Waals surface area contributed by atoms with E-state index < -0.39 is 11.7 Å². The molecular weight excluding hydrogens is 336 g/mol. The summed E-state index contributed by atoms with van der Waals surface area (Å²) in [5.41, 5.74) is -0.935. The van der Waals surface area contributed by atoms with E-state index in [1.807, 2.05) is 0 Å². The monoisotopic (exact) mass is 341 g/mol. The third-order valence-corrected chi connectivity index (χ3v) is 2.15. The van der Waals surface area contributed by atoms with Crippen molar-refractivity contribution in [2.75, 3.05) is 7.05 Å². The topological polar surface area (TPSA) is 3.24 Å². The first-order valence-electron chi connectivity index (χ1n) is 3.33. The van der Waals surface area contributed by atoms with Gasteiger partial charge in [0, 0.05) is 32.7 Å². The fraction of sp³-hybridized carbons (Fsp3) is 0.250. The molecule has 0 N–H and O–H groups in total. The third kappa shape index (κ3) is 3.21. The van der Waals surface area contributed by atoms with Crippen LogP contribution < -0.4 is 0 Å².